The molecule has 0 aromatic heterocycles. The van der Waals surface area contributed by atoms with Crippen LogP contribution in [-0.2, 0) is 14.3 Å². The highest BCUT2D eigenvalue weighted by molar-refractivity contribution is 6.01. The van der Waals surface area contributed by atoms with Gasteiger partial charge in [-0.1, -0.05) is 12.2 Å². The van der Waals surface area contributed by atoms with E-state index in [0.29, 0.717) is 6.42 Å². The van der Waals surface area contributed by atoms with Gasteiger partial charge in [0, 0.05) is 12.1 Å². The summed E-state index contributed by atoms with van der Waals surface area (Å²) < 4.78 is 4.84. The second kappa shape index (κ2) is 3.22. The van der Waals surface area contributed by atoms with E-state index < -0.39 is 5.54 Å². The lowest BCUT2D eigenvalue weighted by atomic mass is 9.66. The zero-order valence-electron chi connectivity index (χ0n) is 9.92. The molecule has 0 aromatic carbocycles. The zero-order valence-corrected chi connectivity index (χ0v) is 9.92. The SMILES string of the molecule is COC(=O)[C@H]1C[C@H]2C=C[C@@H]1N1C=CC(=O)[C@@]21C. The fraction of sp³-hybridized carbons (Fsp3) is 0.538. The summed E-state index contributed by atoms with van der Waals surface area (Å²) in [5, 5.41) is 0. The Bertz CT molecular complexity index is 454. The van der Waals surface area contributed by atoms with Gasteiger partial charge in [0.25, 0.3) is 0 Å². The smallest absolute Gasteiger partial charge is 0.311 e. The summed E-state index contributed by atoms with van der Waals surface area (Å²) in [4.78, 5) is 25.7. The molecule has 0 N–H and O–H groups in total. The van der Waals surface area contributed by atoms with Crippen molar-refractivity contribution in [3.05, 3.63) is 24.4 Å². The molecule has 4 nitrogen and oxygen atoms in total. The van der Waals surface area contributed by atoms with Crippen molar-refractivity contribution >= 4 is 11.8 Å². The summed E-state index contributed by atoms with van der Waals surface area (Å²) in [6.45, 7) is 1.96. The summed E-state index contributed by atoms with van der Waals surface area (Å²) in [5.74, 6) is -0.1000. The Kier molecular flexibility index (Phi) is 2.00. The number of esters is 1. The highest BCUT2D eigenvalue weighted by Crippen LogP contribution is 2.48. The fourth-order valence-corrected chi connectivity index (χ4v) is 3.35. The molecule has 4 rings (SSSR count). The molecule has 0 unspecified atom stereocenters. The quantitative estimate of drug-likeness (QED) is 0.498. The van der Waals surface area contributed by atoms with Crippen LogP contribution >= 0.6 is 0 Å². The Labute approximate surface area is 99.9 Å². The third-order valence-electron chi connectivity index (χ3n) is 4.43. The predicted octanol–water partition coefficient (Wildman–Crippen LogP) is 0.891. The normalized spacial score (nSPS) is 41.9. The molecular formula is C13H15NO3. The van der Waals surface area contributed by atoms with Crippen LogP contribution in [0.2, 0.25) is 0 Å². The maximum absolute atomic E-state index is 12.0. The summed E-state index contributed by atoms with van der Waals surface area (Å²) in [5.41, 5.74) is -0.482. The molecular weight excluding hydrogens is 218 g/mol. The van der Waals surface area contributed by atoms with Gasteiger partial charge in [0.2, 0.25) is 0 Å². The van der Waals surface area contributed by atoms with E-state index in [1.165, 1.54) is 7.11 Å². The third-order valence-corrected chi connectivity index (χ3v) is 4.43. The third kappa shape index (κ3) is 1.13. The summed E-state index contributed by atoms with van der Waals surface area (Å²) in [6.07, 6.45) is 8.24. The number of piperidine rings is 1. The van der Waals surface area contributed by atoms with E-state index in [2.05, 4.69) is 6.08 Å². The molecule has 90 valence electrons. The van der Waals surface area contributed by atoms with Gasteiger partial charge in [0.05, 0.1) is 19.1 Å². The van der Waals surface area contributed by atoms with Gasteiger partial charge >= 0.3 is 5.97 Å². The minimum Gasteiger partial charge on any atom is -0.469 e. The van der Waals surface area contributed by atoms with E-state index in [-0.39, 0.29) is 29.6 Å². The van der Waals surface area contributed by atoms with Gasteiger partial charge in [-0.05, 0) is 19.4 Å². The van der Waals surface area contributed by atoms with E-state index in [4.69, 9.17) is 4.74 Å². The molecule has 0 aromatic rings. The summed E-state index contributed by atoms with van der Waals surface area (Å²) in [7, 11) is 1.42. The number of nitrogens with zero attached hydrogens (tertiary/aromatic N) is 1. The first-order valence-corrected chi connectivity index (χ1v) is 5.86. The zero-order chi connectivity index (χ0) is 12.2. The number of carbonyl (C=O) groups is 2. The second-order valence-corrected chi connectivity index (χ2v) is 5.08. The minimum atomic E-state index is -0.482. The van der Waals surface area contributed by atoms with E-state index in [0.717, 1.165) is 0 Å². The molecule has 0 saturated carbocycles. The van der Waals surface area contributed by atoms with Crippen LogP contribution in [-0.4, -0.2) is 35.3 Å². The van der Waals surface area contributed by atoms with Crippen molar-refractivity contribution in [2.45, 2.75) is 24.9 Å². The lowest BCUT2D eigenvalue weighted by Crippen LogP contribution is -2.63. The number of ketones is 1. The first-order chi connectivity index (χ1) is 8.09. The molecule has 1 fully saturated rings. The summed E-state index contributed by atoms with van der Waals surface area (Å²) in [6, 6.07) is -0.0415. The van der Waals surface area contributed by atoms with E-state index in [1.54, 1.807) is 6.08 Å². The van der Waals surface area contributed by atoms with Gasteiger partial charge < -0.3 is 9.64 Å². The molecule has 0 radical (unpaired) electrons. The fourth-order valence-electron chi connectivity index (χ4n) is 3.35. The topological polar surface area (TPSA) is 46.6 Å². The maximum Gasteiger partial charge on any atom is 0.311 e. The monoisotopic (exact) mass is 233 g/mol. The number of methoxy groups -OCH3 is 1. The number of hydrogen-bond donors (Lipinski definition) is 0. The molecule has 4 atom stereocenters. The second-order valence-electron chi connectivity index (χ2n) is 5.08. The van der Waals surface area contributed by atoms with Gasteiger partial charge in [-0.2, -0.15) is 0 Å². The molecule has 2 bridgehead atoms. The average Bonchev–Trinajstić information content (AvgIpc) is 2.68. The lowest BCUT2D eigenvalue weighted by Gasteiger charge is -2.53. The Balaban J connectivity index is 2.00. The average molecular weight is 233 g/mol. The van der Waals surface area contributed by atoms with Crippen LogP contribution in [0.15, 0.2) is 24.4 Å². The van der Waals surface area contributed by atoms with Crippen LogP contribution < -0.4 is 0 Å². The van der Waals surface area contributed by atoms with Crippen LogP contribution in [0, 0.1) is 11.8 Å². The van der Waals surface area contributed by atoms with Crippen LogP contribution in [0.1, 0.15) is 13.3 Å². The lowest BCUT2D eigenvalue weighted by molar-refractivity contribution is -0.154. The number of ether oxygens (including phenoxy) is 1. The molecule has 1 aliphatic carbocycles. The Hall–Kier alpha value is -1.58. The molecule has 4 aliphatic rings. The largest absolute Gasteiger partial charge is 0.469 e. The van der Waals surface area contributed by atoms with E-state index in [1.807, 2.05) is 24.1 Å². The van der Waals surface area contributed by atoms with Crippen LogP contribution in [0.25, 0.3) is 0 Å². The van der Waals surface area contributed by atoms with Crippen molar-refractivity contribution in [2.24, 2.45) is 11.8 Å². The Morgan fingerprint density at radius 3 is 3.00 bits per heavy atom. The van der Waals surface area contributed by atoms with Crippen molar-refractivity contribution in [3.8, 4) is 0 Å². The molecule has 0 spiro atoms. The van der Waals surface area contributed by atoms with Crippen molar-refractivity contribution in [1.82, 2.24) is 4.90 Å². The number of carbonyl (C=O) groups excluding carboxylic acids is 2. The highest BCUT2D eigenvalue weighted by Gasteiger charge is 2.57. The minimum absolute atomic E-state index is 0.0415. The van der Waals surface area contributed by atoms with Gasteiger partial charge in [0.15, 0.2) is 5.78 Å². The van der Waals surface area contributed by atoms with Gasteiger partial charge in [-0.3, -0.25) is 9.59 Å². The van der Waals surface area contributed by atoms with Gasteiger partial charge in [-0.15, -0.1) is 0 Å². The predicted molar refractivity (Wildman–Crippen MR) is 60.9 cm³/mol. The van der Waals surface area contributed by atoms with Gasteiger partial charge in [0.1, 0.15) is 5.54 Å². The standard InChI is InChI=1S/C13H15NO3/c1-13-8-3-4-10(9(7-8)12(16)17-2)14(13)6-5-11(13)15/h3-6,8-10H,7H2,1-2H3/t8-,9+,10+,13-/m1/s1. The van der Waals surface area contributed by atoms with Crippen LogP contribution in [0.3, 0.4) is 0 Å². The molecule has 0 amide bonds. The first-order valence-electron chi connectivity index (χ1n) is 5.86. The van der Waals surface area contributed by atoms with Crippen molar-refractivity contribution < 1.29 is 14.3 Å². The van der Waals surface area contributed by atoms with Crippen molar-refractivity contribution in [2.75, 3.05) is 7.11 Å². The van der Waals surface area contributed by atoms with Crippen molar-refractivity contribution in [3.63, 3.8) is 0 Å². The van der Waals surface area contributed by atoms with Crippen LogP contribution in [0.4, 0.5) is 0 Å². The van der Waals surface area contributed by atoms with E-state index >= 15 is 0 Å². The Morgan fingerprint density at radius 1 is 1.53 bits per heavy atom. The molecule has 1 saturated heterocycles. The highest BCUT2D eigenvalue weighted by atomic mass is 16.5. The van der Waals surface area contributed by atoms with Gasteiger partial charge in [-0.25, -0.2) is 0 Å². The molecule has 3 heterocycles. The van der Waals surface area contributed by atoms with Crippen molar-refractivity contribution in [1.29, 1.82) is 0 Å². The molecule has 4 heteroatoms. The maximum atomic E-state index is 12.0. The van der Waals surface area contributed by atoms with E-state index in [9.17, 15) is 9.59 Å². The Morgan fingerprint density at radius 2 is 2.29 bits per heavy atom. The summed E-state index contributed by atoms with van der Waals surface area (Å²) >= 11 is 0. The number of rotatable bonds is 1. The molecule has 17 heavy (non-hydrogen) atoms. The molecule has 3 aliphatic heterocycles. The number of hydrogen-bond acceptors (Lipinski definition) is 4. The number of fused-ring (bicyclic) bond motifs is 1. The van der Waals surface area contributed by atoms with Crippen LogP contribution in [0.5, 0.6) is 0 Å². The first kappa shape index (κ1) is 10.6.